The summed E-state index contributed by atoms with van der Waals surface area (Å²) in [7, 11) is -3.49. The average molecular weight is 310 g/mol. The second-order valence-electron chi connectivity index (χ2n) is 4.53. The second-order valence-corrected chi connectivity index (χ2v) is 6.51. The Morgan fingerprint density at radius 3 is 2.57 bits per heavy atom. The van der Waals surface area contributed by atoms with Crippen LogP contribution in [0.2, 0.25) is 0 Å². The number of ketones is 1. The molecule has 0 spiro atoms. The van der Waals surface area contributed by atoms with Gasteiger partial charge in [0.05, 0.1) is 12.8 Å². The van der Waals surface area contributed by atoms with Crippen molar-refractivity contribution in [3.05, 3.63) is 42.5 Å². The first-order valence-corrected chi connectivity index (χ1v) is 8.05. The number of amides is 1. The van der Waals surface area contributed by atoms with E-state index in [4.69, 9.17) is 0 Å². The van der Waals surface area contributed by atoms with Gasteiger partial charge < -0.3 is 5.32 Å². The summed E-state index contributed by atoms with van der Waals surface area (Å²) in [6.45, 7) is 4.63. The highest BCUT2D eigenvalue weighted by molar-refractivity contribution is 7.88. The fraction of sp³-hybridized carbons (Fsp3) is 0.286. The van der Waals surface area contributed by atoms with Gasteiger partial charge in [-0.3, -0.25) is 9.59 Å². The molecule has 1 rings (SSSR count). The van der Waals surface area contributed by atoms with E-state index < -0.39 is 15.9 Å². The second kappa shape index (κ2) is 7.14. The van der Waals surface area contributed by atoms with E-state index in [0.29, 0.717) is 11.3 Å². The zero-order chi connectivity index (χ0) is 16.0. The van der Waals surface area contributed by atoms with E-state index in [1.165, 1.54) is 13.0 Å². The lowest BCUT2D eigenvalue weighted by Gasteiger charge is -2.17. The Kier molecular flexibility index (Phi) is 5.80. The van der Waals surface area contributed by atoms with Crippen LogP contribution in [0.3, 0.4) is 0 Å². The molecule has 0 saturated heterocycles. The zero-order valence-electron chi connectivity index (χ0n) is 12.0. The summed E-state index contributed by atoms with van der Waals surface area (Å²) >= 11 is 0. The van der Waals surface area contributed by atoms with Gasteiger partial charge in [0.15, 0.2) is 5.78 Å². The maximum absolute atomic E-state index is 11.9. The monoisotopic (exact) mass is 310 g/mol. The molecule has 1 aromatic carbocycles. The number of Topliss-reactive ketones (excluding diaryl/α,β-unsaturated/α-hetero) is 1. The highest BCUT2D eigenvalue weighted by atomic mass is 32.2. The van der Waals surface area contributed by atoms with Crippen molar-refractivity contribution >= 4 is 27.4 Å². The van der Waals surface area contributed by atoms with Gasteiger partial charge in [-0.2, -0.15) is 4.31 Å². The Morgan fingerprint density at radius 2 is 2.05 bits per heavy atom. The third kappa shape index (κ3) is 5.49. The van der Waals surface area contributed by atoms with Gasteiger partial charge in [0, 0.05) is 17.8 Å². The molecule has 0 radical (unpaired) electrons. The molecule has 0 bridgehead atoms. The molecule has 21 heavy (non-hydrogen) atoms. The van der Waals surface area contributed by atoms with Crippen molar-refractivity contribution in [2.45, 2.75) is 6.92 Å². The van der Waals surface area contributed by atoms with Crippen LogP contribution in [0.25, 0.3) is 0 Å². The van der Waals surface area contributed by atoms with Gasteiger partial charge in [0.25, 0.3) is 0 Å². The molecule has 0 atom stereocenters. The molecule has 0 aromatic heterocycles. The number of benzene rings is 1. The quantitative estimate of drug-likeness (QED) is 0.607. The molecule has 0 unspecified atom stereocenters. The first-order valence-electron chi connectivity index (χ1n) is 6.21. The molecular weight excluding hydrogens is 292 g/mol. The number of nitrogens with zero attached hydrogens (tertiary/aromatic N) is 1. The van der Waals surface area contributed by atoms with E-state index in [1.54, 1.807) is 24.3 Å². The summed E-state index contributed by atoms with van der Waals surface area (Å²) in [5.74, 6) is -0.599. The summed E-state index contributed by atoms with van der Waals surface area (Å²) < 4.78 is 24.0. The summed E-state index contributed by atoms with van der Waals surface area (Å²) in [6.07, 6.45) is 2.44. The largest absolute Gasteiger partial charge is 0.325 e. The molecule has 7 heteroatoms. The molecule has 0 aliphatic carbocycles. The van der Waals surface area contributed by atoms with Crippen LogP contribution < -0.4 is 5.32 Å². The van der Waals surface area contributed by atoms with E-state index in [9.17, 15) is 18.0 Å². The Balaban J connectivity index is 2.79. The molecule has 0 heterocycles. The number of sulfonamides is 1. The summed E-state index contributed by atoms with van der Waals surface area (Å²) in [4.78, 5) is 23.2. The molecule has 0 aliphatic rings. The van der Waals surface area contributed by atoms with Crippen LogP contribution in [0.1, 0.15) is 17.3 Å². The first kappa shape index (κ1) is 17.1. The van der Waals surface area contributed by atoms with Gasteiger partial charge in [-0.05, 0) is 19.1 Å². The number of hydrogen-bond donors (Lipinski definition) is 1. The van der Waals surface area contributed by atoms with Crippen molar-refractivity contribution in [2.24, 2.45) is 0 Å². The minimum absolute atomic E-state index is 0.0553. The van der Waals surface area contributed by atoms with E-state index in [1.807, 2.05) is 0 Å². The fourth-order valence-corrected chi connectivity index (χ4v) is 2.37. The van der Waals surface area contributed by atoms with Crippen molar-refractivity contribution < 1.29 is 18.0 Å². The normalized spacial score (nSPS) is 11.2. The van der Waals surface area contributed by atoms with Gasteiger partial charge in [0.2, 0.25) is 15.9 Å². The van der Waals surface area contributed by atoms with Gasteiger partial charge >= 0.3 is 0 Å². The topological polar surface area (TPSA) is 83.6 Å². The third-order valence-electron chi connectivity index (χ3n) is 2.67. The highest BCUT2D eigenvalue weighted by Crippen LogP contribution is 2.11. The number of anilines is 1. The van der Waals surface area contributed by atoms with Gasteiger partial charge in [-0.15, -0.1) is 6.58 Å². The minimum atomic E-state index is -3.49. The van der Waals surface area contributed by atoms with Crippen LogP contribution in [0, 0.1) is 0 Å². The summed E-state index contributed by atoms with van der Waals surface area (Å²) in [5.41, 5.74) is 0.915. The van der Waals surface area contributed by atoms with E-state index in [0.717, 1.165) is 10.6 Å². The third-order valence-corrected chi connectivity index (χ3v) is 3.89. The number of nitrogens with one attached hydrogen (secondary N) is 1. The van der Waals surface area contributed by atoms with Crippen LogP contribution >= 0.6 is 0 Å². The number of hydrogen-bond acceptors (Lipinski definition) is 4. The molecular formula is C14H18N2O4S. The molecule has 1 amide bonds. The van der Waals surface area contributed by atoms with Crippen molar-refractivity contribution in [3.8, 4) is 0 Å². The van der Waals surface area contributed by atoms with Crippen molar-refractivity contribution in [1.82, 2.24) is 4.31 Å². The highest BCUT2D eigenvalue weighted by Gasteiger charge is 2.18. The molecule has 0 saturated carbocycles. The number of carbonyl (C=O) groups excluding carboxylic acids is 2. The summed E-state index contributed by atoms with van der Waals surface area (Å²) in [6, 6.07) is 6.45. The first-order chi connectivity index (χ1) is 9.74. The molecule has 0 fully saturated rings. The number of rotatable bonds is 7. The Bertz CT molecular complexity index is 653. The van der Waals surface area contributed by atoms with Crippen molar-refractivity contribution in [3.63, 3.8) is 0 Å². The Morgan fingerprint density at radius 1 is 1.38 bits per heavy atom. The lowest BCUT2D eigenvalue weighted by molar-refractivity contribution is -0.116. The van der Waals surface area contributed by atoms with Crippen LogP contribution in [0.15, 0.2) is 36.9 Å². The van der Waals surface area contributed by atoms with Gasteiger partial charge in [-0.25, -0.2) is 8.42 Å². The van der Waals surface area contributed by atoms with Crippen molar-refractivity contribution in [1.29, 1.82) is 0 Å². The zero-order valence-corrected chi connectivity index (χ0v) is 12.8. The fourth-order valence-electron chi connectivity index (χ4n) is 1.64. The van der Waals surface area contributed by atoms with Gasteiger partial charge in [0.1, 0.15) is 0 Å². The van der Waals surface area contributed by atoms with E-state index >= 15 is 0 Å². The maximum Gasteiger partial charge on any atom is 0.239 e. The predicted molar refractivity (Wildman–Crippen MR) is 81.7 cm³/mol. The predicted octanol–water partition coefficient (Wildman–Crippen LogP) is 1.28. The average Bonchev–Trinajstić information content (AvgIpc) is 2.37. The lowest BCUT2D eigenvalue weighted by Crippen LogP contribution is -2.37. The Hall–Kier alpha value is -1.99. The van der Waals surface area contributed by atoms with Crippen LogP contribution in [0.5, 0.6) is 0 Å². The van der Waals surface area contributed by atoms with Gasteiger partial charge in [-0.1, -0.05) is 18.2 Å². The molecule has 1 aromatic rings. The van der Waals surface area contributed by atoms with Crippen molar-refractivity contribution in [2.75, 3.05) is 24.7 Å². The van der Waals surface area contributed by atoms with Crippen LogP contribution in [-0.2, 0) is 14.8 Å². The maximum atomic E-state index is 11.9. The molecule has 1 N–H and O–H groups in total. The molecule has 114 valence electrons. The Labute approximate surface area is 124 Å². The van der Waals surface area contributed by atoms with E-state index in [-0.39, 0.29) is 18.9 Å². The molecule has 0 aliphatic heterocycles. The molecule has 6 nitrogen and oxygen atoms in total. The van der Waals surface area contributed by atoms with Crippen LogP contribution in [0.4, 0.5) is 5.69 Å². The lowest BCUT2D eigenvalue weighted by atomic mass is 10.1. The SMILES string of the molecule is C=CCN(CC(=O)Nc1cccc(C(C)=O)c1)S(C)(=O)=O. The van der Waals surface area contributed by atoms with E-state index in [2.05, 4.69) is 11.9 Å². The smallest absolute Gasteiger partial charge is 0.239 e. The number of carbonyl (C=O) groups is 2. The minimum Gasteiger partial charge on any atom is -0.325 e. The summed E-state index contributed by atoms with van der Waals surface area (Å²) in [5, 5.41) is 2.57. The van der Waals surface area contributed by atoms with Crippen LogP contribution in [-0.4, -0.2) is 43.8 Å². The standard InChI is InChI=1S/C14H18N2O4S/c1-4-8-16(21(3,19)20)10-14(18)15-13-7-5-6-12(9-13)11(2)17/h4-7,9H,1,8,10H2,2-3H3,(H,15,18).